The van der Waals surface area contributed by atoms with Gasteiger partial charge in [0.25, 0.3) is 5.89 Å². The highest BCUT2D eigenvalue weighted by molar-refractivity contribution is 6.30. The summed E-state index contributed by atoms with van der Waals surface area (Å²) in [6.07, 6.45) is 1.06. The van der Waals surface area contributed by atoms with Crippen LogP contribution in [0.3, 0.4) is 0 Å². The second-order valence-electron chi connectivity index (χ2n) is 4.16. The van der Waals surface area contributed by atoms with Crippen LogP contribution in [0.25, 0.3) is 11.5 Å². The van der Waals surface area contributed by atoms with Crippen molar-refractivity contribution in [2.75, 3.05) is 13.1 Å². The topological polar surface area (TPSA) is 51.0 Å². The molecular formula is C12H12ClN3O. The Hall–Kier alpha value is -1.39. The van der Waals surface area contributed by atoms with Gasteiger partial charge in [0.2, 0.25) is 0 Å². The minimum absolute atomic E-state index is 0.367. The van der Waals surface area contributed by atoms with Gasteiger partial charge in [0, 0.05) is 23.0 Å². The third-order valence-corrected chi connectivity index (χ3v) is 3.17. The van der Waals surface area contributed by atoms with Gasteiger partial charge in [0.1, 0.15) is 0 Å². The number of benzene rings is 1. The van der Waals surface area contributed by atoms with Crippen LogP contribution >= 0.6 is 11.6 Å². The lowest BCUT2D eigenvalue weighted by Crippen LogP contribution is -2.08. The van der Waals surface area contributed by atoms with Crippen molar-refractivity contribution in [3.05, 3.63) is 35.1 Å². The zero-order chi connectivity index (χ0) is 11.7. The number of rotatable bonds is 2. The summed E-state index contributed by atoms with van der Waals surface area (Å²) in [6.45, 7) is 1.94. The molecule has 0 aliphatic carbocycles. The van der Waals surface area contributed by atoms with Crippen LogP contribution in [-0.4, -0.2) is 23.2 Å². The third-order valence-electron chi connectivity index (χ3n) is 2.94. The van der Waals surface area contributed by atoms with E-state index in [9.17, 15) is 0 Å². The van der Waals surface area contributed by atoms with E-state index in [1.807, 2.05) is 24.3 Å². The fourth-order valence-corrected chi connectivity index (χ4v) is 2.20. The molecule has 1 saturated heterocycles. The molecule has 88 valence electrons. The van der Waals surface area contributed by atoms with Crippen molar-refractivity contribution in [1.29, 1.82) is 0 Å². The average molecular weight is 250 g/mol. The Morgan fingerprint density at radius 3 is 3.12 bits per heavy atom. The predicted octanol–water partition coefficient (Wildman–Crippen LogP) is 2.47. The van der Waals surface area contributed by atoms with Crippen LogP contribution in [0.1, 0.15) is 18.2 Å². The average Bonchev–Trinajstić information content (AvgIpc) is 3.00. The zero-order valence-electron chi connectivity index (χ0n) is 9.19. The zero-order valence-corrected chi connectivity index (χ0v) is 9.94. The van der Waals surface area contributed by atoms with Gasteiger partial charge in [-0.3, -0.25) is 0 Å². The van der Waals surface area contributed by atoms with Gasteiger partial charge in [0.15, 0.2) is 5.82 Å². The first kappa shape index (κ1) is 10.7. The number of hydrogen-bond acceptors (Lipinski definition) is 4. The molecule has 3 rings (SSSR count). The van der Waals surface area contributed by atoms with E-state index >= 15 is 0 Å². The first-order valence-electron chi connectivity index (χ1n) is 5.63. The van der Waals surface area contributed by atoms with Crippen molar-refractivity contribution in [2.24, 2.45) is 0 Å². The molecule has 1 atom stereocenters. The largest absolute Gasteiger partial charge is 0.334 e. The lowest BCUT2D eigenvalue weighted by Gasteiger charge is -1.98. The Balaban J connectivity index is 1.89. The van der Waals surface area contributed by atoms with Crippen LogP contribution < -0.4 is 5.32 Å². The van der Waals surface area contributed by atoms with Crippen molar-refractivity contribution in [1.82, 2.24) is 15.5 Å². The number of aromatic nitrogens is 2. The standard InChI is InChI=1S/C12H12ClN3O/c13-10-3-1-2-8(6-10)12-15-11(16-17-12)9-4-5-14-7-9/h1-3,6,9,14H,4-5,7H2/t9-/m0/s1. The van der Waals surface area contributed by atoms with Gasteiger partial charge in [-0.1, -0.05) is 22.8 Å². The molecule has 2 aromatic rings. The van der Waals surface area contributed by atoms with Crippen LogP contribution in [-0.2, 0) is 0 Å². The molecule has 0 radical (unpaired) electrons. The SMILES string of the molecule is Clc1cccc(-c2nc([C@H]3CCNC3)no2)c1. The summed E-state index contributed by atoms with van der Waals surface area (Å²) in [5.74, 6) is 1.69. The van der Waals surface area contributed by atoms with E-state index < -0.39 is 0 Å². The van der Waals surface area contributed by atoms with Gasteiger partial charge in [-0.15, -0.1) is 0 Å². The summed E-state index contributed by atoms with van der Waals surface area (Å²) in [5.41, 5.74) is 0.863. The molecule has 0 unspecified atom stereocenters. The molecule has 4 nitrogen and oxygen atoms in total. The highest BCUT2D eigenvalue weighted by Gasteiger charge is 2.22. The van der Waals surface area contributed by atoms with E-state index in [1.165, 1.54) is 0 Å². The minimum atomic E-state index is 0.367. The highest BCUT2D eigenvalue weighted by Crippen LogP contribution is 2.25. The van der Waals surface area contributed by atoms with Gasteiger partial charge < -0.3 is 9.84 Å². The summed E-state index contributed by atoms with van der Waals surface area (Å²) in [6, 6.07) is 7.43. The fraction of sp³-hybridized carbons (Fsp3) is 0.333. The maximum atomic E-state index is 5.93. The van der Waals surface area contributed by atoms with Gasteiger partial charge >= 0.3 is 0 Å². The minimum Gasteiger partial charge on any atom is -0.334 e. The highest BCUT2D eigenvalue weighted by atomic mass is 35.5. The van der Waals surface area contributed by atoms with Gasteiger partial charge in [-0.25, -0.2) is 0 Å². The number of hydrogen-bond donors (Lipinski definition) is 1. The molecule has 1 fully saturated rings. The molecule has 0 spiro atoms. The van der Waals surface area contributed by atoms with Crippen LogP contribution in [0.15, 0.2) is 28.8 Å². The molecule has 0 bridgehead atoms. The van der Waals surface area contributed by atoms with Crippen molar-refractivity contribution in [3.8, 4) is 11.5 Å². The molecule has 17 heavy (non-hydrogen) atoms. The lowest BCUT2D eigenvalue weighted by atomic mass is 10.1. The number of nitrogens with one attached hydrogen (secondary N) is 1. The summed E-state index contributed by atoms with van der Waals surface area (Å²) < 4.78 is 5.27. The van der Waals surface area contributed by atoms with E-state index in [0.29, 0.717) is 16.8 Å². The lowest BCUT2D eigenvalue weighted by molar-refractivity contribution is 0.417. The Morgan fingerprint density at radius 2 is 2.35 bits per heavy atom. The molecule has 1 aliphatic rings. The van der Waals surface area contributed by atoms with Gasteiger partial charge in [-0.05, 0) is 31.2 Å². The monoisotopic (exact) mass is 249 g/mol. The van der Waals surface area contributed by atoms with E-state index in [1.54, 1.807) is 0 Å². The second-order valence-corrected chi connectivity index (χ2v) is 4.59. The van der Waals surface area contributed by atoms with E-state index in [4.69, 9.17) is 16.1 Å². The van der Waals surface area contributed by atoms with E-state index in [-0.39, 0.29) is 0 Å². The summed E-state index contributed by atoms with van der Waals surface area (Å²) in [4.78, 5) is 4.43. The summed E-state index contributed by atoms with van der Waals surface area (Å²) >= 11 is 5.93. The van der Waals surface area contributed by atoms with Crippen molar-refractivity contribution in [3.63, 3.8) is 0 Å². The quantitative estimate of drug-likeness (QED) is 0.888. The first-order valence-corrected chi connectivity index (χ1v) is 6.01. The third kappa shape index (κ3) is 2.18. The maximum Gasteiger partial charge on any atom is 0.257 e. The Morgan fingerprint density at radius 1 is 1.41 bits per heavy atom. The molecule has 1 N–H and O–H groups in total. The summed E-state index contributed by atoms with van der Waals surface area (Å²) in [5, 5.41) is 7.99. The van der Waals surface area contributed by atoms with Crippen LogP contribution in [0.5, 0.6) is 0 Å². The van der Waals surface area contributed by atoms with E-state index in [2.05, 4.69) is 15.5 Å². The van der Waals surface area contributed by atoms with Crippen molar-refractivity contribution < 1.29 is 4.52 Å². The Labute approximate surface area is 104 Å². The molecular weight excluding hydrogens is 238 g/mol. The number of nitrogens with zero attached hydrogens (tertiary/aromatic N) is 2. The Bertz CT molecular complexity index is 520. The first-order chi connectivity index (χ1) is 8.33. The van der Waals surface area contributed by atoms with Crippen molar-refractivity contribution >= 4 is 11.6 Å². The second kappa shape index (κ2) is 4.47. The maximum absolute atomic E-state index is 5.93. The van der Waals surface area contributed by atoms with Crippen LogP contribution in [0.4, 0.5) is 0 Å². The van der Waals surface area contributed by atoms with Crippen LogP contribution in [0, 0.1) is 0 Å². The molecule has 1 aromatic carbocycles. The molecule has 5 heteroatoms. The Kier molecular flexibility index (Phi) is 2.82. The fourth-order valence-electron chi connectivity index (χ4n) is 2.01. The molecule has 1 aromatic heterocycles. The van der Waals surface area contributed by atoms with Crippen molar-refractivity contribution in [2.45, 2.75) is 12.3 Å². The summed E-state index contributed by atoms with van der Waals surface area (Å²) in [7, 11) is 0. The van der Waals surface area contributed by atoms with Gasteiger partial charge in [-0.2, -0.15) is 4.98 Å². The molecule has 0 amide bonds. The van der Waals surface area contributed by atoms with Crippen LogP contribution in [0.2, 0.25) is 5.02 Å². The molecule has 0 saturated carbocycles. The number of halogens is 1. The van der Waals surface area contributed by atoms with Gasteiger partial charge in [0.05, 0.1) is 0 Å². The smallest absolute Gasteiger partial charge is 0.257 e. The normalized spacial score (nSPS) is 19.7. The molecule has 1 aliphatic heterocycles. The van der Waals surface area contributed by atoms with E-state index in [0.717, 1.165) is 30.9 Å². The molecule has 2 heterocycles. The predicted molar refractivity (Wildman–Crippen MR) is 65.0 cm³/mol.